The third-order valence-electron chi connectivity index (χ3n) is 11.4. The summed E-state index contributed by atoms with van der Waals surface area (Å²) >= 11 is 0. The van der Waals surface area contributed by atoms with Gasteiger partial charge in [0.1, 0.15) is 5.58 Å². The molecular weight excluding hydrogens is 661 g/mol. The average molecular weight is 695 g/mol. The van der Waals surface area contributed by atoms with E-state index in [2.05, 4.69) is 110 Å². The molecule has 0 radical (unpaired) electrons. The van der Waals surface area contributed by atoms with Gasteiger partial charge < -0.3 is 8.98 Å². The molecule has 0 amide bonds. The molecule has 0 atom stereocenters. The van der Waals surface area contributed by atoms with Crippen LogP contribution in [0.25, 0.3) is 94.7 Å². The van der Waals surface area contributed by atoms with Crippen molar-refractivity contribution < 1.29 is 4.42 Å². The van der Waals surface area contributed by atoms with Gasteiger partial charge in [0.2, 0.25) is 0 Å². The smallest absolute Gasteiger partial charge is 0.164 e. The van der Waals surface area contributed by atoms with Crippen molar-refractivity contribution in [2.75, 3.05) is 0 Å². The first-order chi connectivity index (χ1) is 26.5. The number of fused-ring (bicyclic) bond motifs is 10. The van der Waals surface area contributed by atoms with Crippen molar-refractivity contribution in [2.24, 2.45) is 0 Å². The number of aromatic nitrogens is 4. The first-order valence-electron chi connectivity index (χ1n) is 18.5. The van der Waals surface area contributed by atoms with E-state index in [9.17, 15) is 0 Å². The molecule has 0 aliphatic heterocycles. The summed E-state index contributed by atoms with van der Waals surface area (Å²) in [4.78, 5) is 15.4. The molecule has 10 aromatic rings. The fraction of sp³-hybridized carbons (Fsp3) is 0.0816. The molecule has 3 aromatic heterocycles. The molecule has 7 aromatic carbocycles. The van der Waals surface area contributed by atoms with Gasteiger partial charge in [-0.05, 0) is 47.4 Å². The summed E-state index contributed by atoms with van der Waals surface area (Å²) in [6.45, 7) is 6.87. The normalized spacial score (nSPS) is 13.2. The quantitative estimate of drug-likeness (QED) is 0.184. The predicted octanol–water partition coefficient (Wildman–Crippen LogP) is 12.5. The van der Waals surface area contributed by atoms with Gasteiger partial charge in [-0.1, -0.05) is 147 Å². The highest BCUT2D eigenvalue weighted by Gasteiger charge is 2.38. The van der Waals surface area contributed by atoms with Gasteiger partial charge in [0.25, 0.3) is 0 Å². The molecular formula is C49H34N4O. The van der Waals surface area contributed by atoms with Gasteiger partial charge in [0.05, 0.1) is 16.7 Å². The van der Waals surface area contributed by atoms with Crippen LogP contribution in [0.1, 0.15) is 30.5 Å². The van der Waals surface area contributed by atoms with Crippen molar-refractivity contribution in [3.8, 4) is 51.0 Å². The number of nitrogens with zero attached hydrogens (tertiary/aromatic N) is 4. The minimum Gasteiger partial charge on any atom is -0.454 e. The van der Waals surface area contributed by atoms with Gasteiger partial charge in [-0.25, -0.2) is 15.0 Å². The zero-order valence-corrected chi connectivity index (χ0v) is 30.1. The molecule has 0 bridgehead atoms. The Labute approximate surface area is 312 Å². The maximum Gasteiger partial charge on any atom is 0.164 e. The Morgan fingerprint density at radius 1 is 0.537 bits per heavy atom. The molecule has 54 heavy (non-hydrogen) atoms. The third-order valence-corrected chi connectivity index (χ3v) is 11.4. The highest BCUT2D eigenvalue weighted by atomic mass is 16.3. The Balaban J connectivity index is 1.27. The van der Waals surface area contributed by atoms with Gasteiger partial charge in [-0.3, -0.25) is 0 Å². The number of furan rings is 1. The second kappa shape index (κ2) is 11.3. The van der Waals surface area contributed by atoms with Crippen molar-refractivity contribution in [3.63, 3.8) is 0 Å². The van der Waals surface area contributed by atoms with Crippen LogP contribution in [0, 0.1) is 6.92 Å². The van der Waals surface area contributed by atoms with Crippen LogP contribution in [0.4, 0.5) is 0 Å². The van der Waals surface area contributed by atoms with Crippen molar-refractivity contribution in [2.45, 2.75) is 26.2 Å². The molecule has 11 rings (SSSR count). The van der Waals surface area contributed by atoms with Crippen molar-refractivity contribution >= 4 is 43.7 Å². The van der Waals surface area contributed by atoms with Crippen molar-refractivity contribution in [3.05, 3.63) is 168 Å². The van der Waals surface area contributed by atoms with E-state index in [1.807, 2.05) is 66.7 Å². The van der Waals surface area contributed by atoms with Crippen LogP contribution in [0.2, 0.25) is 0 Å². The Bertz CT molecular complexity index is 3080. The van der Waals surface area contributed by atoms with E-state index >= 15 is 0 Å². The maximum absolute atomic E-state index is 7.02. The summed E-state index contributed by atoms with van der Waals surface area (Å²) in [7, 11) is 0. The van der Waals surface area contributed by atoms with Gasteiger partial charge in [-0.2, -0.15) is 0 Å². The second-order valence-corrected chi connectivity index (χ2v) is 14.8. The molecule has 0 saturated heterocycles. The van der Waals surface area contributed by atoms with E-state index in [0.717, 1.165) is 55.4 Å². The second-order valence-electron chi connectivity index (χ2n) is 14.8. The van der Waals surface area contributed by atoms with Gasteiger partial charge in [0.15, 0.2) is 23.1 Å². The number of hydrogen-bond donors (Lipinski definition) is 0. The van der Waals surface area contributed by atoms with E-state index < -0.39 is 0 Å². The first kappa shape index (κ1) is 30.7. The van der Waals surface area contributed by atoms with Gasteiger partial charge in [0, 0.05) is 49.2 Å². The molecule has 3 heterocycles. The fourth-order valence-electron chi connectivity index (χ4n) is 8.87. The van der Waals surface area contributed by atoms with Crippen molar-refractivity contribution in [1.82, 2.24) is 19.5 Å². The van der Waals surface area contributed by atoms with Crippen LogP contribution in [0.15, 0.2) is 156 Å². The Kier molecular flexibility index (Phi) is 6.45. The summed E-state index contributed by atoms with van der Waals surface area (Å²) in [5, 5.41) is 4.43. The lowest BCUT2D eigenvalue weighted by molar-refractivity contribution is 0.660. The summed E-state index contributed by atoms with van der Waals surface area (Å²) in [5.41, 5.74) is 13.9. The van der Waals surface area contributed by atoms with Gasteiger partial charge in [-0.15, -0.1) is 0 Å². The molecule has 1 aliphatic rings. The number of para-hydroxylation sites is 2. The topological polar surface area (TPSA) is 56.7 Å². The van der Waals surface area contributed by atoms with Crippen LogP contribution >= 0.6 is 0 Å². The number of benzene rings is 7. The van der Waals surface area contributed by atoms with Crippen LogP contribution in [0.5, 0.6) is 0 Å². The Morgan fingerprint density at radius 3 is 1.89 bits per heavy atom. The summed E-state index contributed by atoms with van der Waals surface area (Å²) in [6, 6.07) is 53.1. The highest BCUT2D eigenvalue weighted by molar-refractivity contribution is 6.19. The SMILES string of the molecule is Cc1cc(-c2nc(-c3ccccc3)nc(-c3ccccc3)n2)c2c(oc3ccccc32)c1-n1c2ccccc2c2ccc3c(c21)-c1ccccc1C3(C)C. The monoisotopic (exact) mass is 694 g/mol. The summed E-state index contributed by atoms with van der Waals surface area (Å²) in [6.07, 6.45) is 0. The standard InChI is InChI=1S/C49H34N4O/c1-29-28-36(48-51-46(30-16-6-4-7-17-30)50-47(52-48)31-18-8-5-9-19-31)41-35-22-12-15-25-40(35)54-45(41)43(29)53-39-24-14-11-20-32(39)33-26-27-38-42(44(33)53)34-21-10-13-23-37(34)49(38,2)3/h4-28H,1-3H3. The first-order valence-corrected chi connectivity index (χ1v) is 18.5. The minimum absolute atomic E-state index is 0.138. The van der Waals surface area contributed by atoms with Crippen LogP contribution in [-0.2, 0) is 5.41 Å². The lowest BCUT2D eigenvalue weighted by Gasteiger charge is -2.21. The fourth-order valence-corrected chi connectivity index (χ4v) is 8.87. The van der Waals surface area contributed by atoms with Crippen LogP contribution in [-0.4, -0.2) is 19.5 Å². The minimum atomic E-state index is -0.138. The predicted molar refractivity (Wildman–Crippen MR) is 220 cm³/mol. The zero-order valence-electron chi connectivity index (χ0n) is 30.1. The molecule has 0 fully saturated rings. The lowest BCUT2D eigenvalue weighted by Crippen LogP contribution is -2.14. The summed E-state index contributed by atoms with van der Waals surface area (Å²) < 4.78 is 9.48. The van der Waals surface area contributed by atoms with Gasteiger partial charge >= 0.3 is 0 Å². The Morgan fingerprint density at radius 2 is 1.15 bits per heavy atom. The molecule has 0 N–H and O–H groups in total. The Hall–Kier alpha value is -6.85. The third kappa shape index (κ3) is 4.29. The number of aryl methyl sites for hydroxylation is 1. The van der Waals surface area contributed by atoms with E-state index in [1.54, 1.807) is 0 Å². The maximum atomic E-state index is 7.02. The largest absolute Gasteiger partial charge is 0.454 e. The molecule has 0 saturated carbocycles. The number of rotatable bonds is 4. The molecule has 0 unspecified atom stereocenters. The van der Waals surface area contributed by atoms with E-state index in [1.165, 1.54) is 38.5 Å². The number of hydrogen-bond acceptors (Lipinski definition) is 4. The van der Waals surface area contributed by atoms with E-state index in [4.69, 9.17) is 19.4 Å². The molecule has 5 nitrogen and oxygen atoms in total. The van der Waals surface area contributed by atoms with Crippen molar-refractivity contribution in [1.29, 1.82) is 0 Å². The highest BCUT2D eigenvalue weighted by Crippen LogP contribution is 2.53. The lowest BCUT2D eigenvalue weighted by atomic mass is 9.82. The molecule has 1 aliphatic carbocycles. The summed E-state index contributed by atoms with van der Waals surface area (Å²) in [5.74, 6) is 1.86. The van der Waals surface area contributed by atoms with Crippen LogP contribution in [0.3, 0.4) is 0 Å². The molecule has 256 valence electrons. The molecule has 0 spiro atoms. The molecule has 5 heteroatoms. The van der Waals surface area contributed by atoms with Crippen LogP contribution < -0.4 is 0 Å². The average Bonchev–Trinajstić information content (AvgIpc) is 3.84. The van der Waals surface area contributed by atoms with E-state index in [-0.39, 0.29) is 5.41 Å². The zero-order chi connectivity index (χ0) is 36.1. The van der Waals surface area contributed by atoms with E-state index in [0.29, 0.717) is 17.5 Å².